The lowest BCUT2D eigenvalue weighted by Crippen LogP contribution is -1.96. The second-order valence-electron chi connectivity index (χ2n) is 3.21. The number of hydrogen-bond donors (Lipinski definition) is 1. The van der Waals surface area contributed by atoms with E-state index in [-0.39, 0.29) is 0 Å². The van der Waals surface area contributed by atoms with Crippen LogP contribution in [-0.4, -0.2) is 10.4 Å². The van der Waals surface area contributed by atoms with E-state index in [9.17, 15) is 0 Å². The van der Waals surface area contributed by atoms with Crippen LogP contribution in [0.1, 0.15) is 19.3 Å². The van der Waals surface area contributed by atoms with Gasteiger partial charge >= 0.3 is 0 Å². The lowest BCUT2D eigenvalue weighted by molar-refractivity contribution is 0.318. The zero-order valence-electron chi connectivity index (χ0n) is 5.63. The van der Waals surface area contributed by atoms with E-state index in [0.29, 0.717) is 11.1 Å². The highest BCUT2D eigenvalue weighted by Gasteiger charge is 2.55. The molecule has 2 fully saturated rings. The topological polar surface area (TPSA) is 32.6 Å². The molecular formula is C7H10ClNO. The van der Waals surface area contributed by atoms with Gasteiger partial charge in [0.15, 0.2) is 0 Å². The van der Waals surface area contributed by atoms with Gasteiger partial charge in [0.1, 0.15) is 5.17 Å². The third kappa shape index (κ3) is 0.749. The van der Waals surface area contributed by atoms with Crippen molar-refractivity contribution in [3.05, 3.63) is 0 Å². The van der Waals surface area contributed by atoms with E-state index in [1.807, 2.05) is 0 Å². The number of oxime groups is 1. The van der Waals surface area contributed by atoms with Crippen molar-refractivity contribution < 1.29 is 5.21 Å². The highest BCUT2D eigenvalue weighted by atomic mass is 35.5. The molecule has 0 aliphatic heterocycles. The van der Waals surface area contributed by atoms with Gasteiger partial charge in [-0.1, -0.05) is 23.2 Å². The number of fused-ring (bicyclic) bond motifs is 1. The van der Waals surface area contributed by atoms with Crippen LogP contribution >= 0.6 is 11.6 Å². The Morgan fingerprint density at radius 3 is 2.50 bits per heavy atom. The summed E-state index contributed by atoms with van der Waals surface area (Å²) >= 11 is 5.66. The molecule has 2 rings (SSSR count). The van der Waals surface area contributed by atoms with Crippen LogP contribution in [0.3, 0.4) is 0 Å². The van der Waals surface area contributed by atoms with Crippen molar-refractivity contribution in [2.75, 3.05) is 0 Å². The van der Waals surface area contributed by atoms with Gasteiger partial charge in [-0.25, -0.2) is 0 Å². The SMILES string of the molecule is ON=C(Cl)C1C2CCCC21. The van der Waals surface area contributed by atoms with Crippen molar-refractivity contribution in [2.24, 2.45) is 22.9 Å². The molecule has 0 spiro atoms. The Balaban J connectivity index is 2.01. The maximum atomic E-state index is 8.36. The van der Waals surface area contributed by atoms with Crippen molar-refractivity contribution in [1.82, 2.24) is 0 Å². The summed E-state index contributed by atoms with van der Waals surface area (Å²) in [5.41, 5.74) is 0. The molecule has 2 aliphatic rings. The fourth-order valence-corrected chi connectivity index (χ4v) is 2.57. The largest absolute Gasteiger partial charge is 0.410 e. The summed E-state index contributed by atoms with van der Waals surface area (Å²) in [7, 11) is 0. The van der Waals surface area contributed by atoms with Gasteiger partial charge in [0.25, 0.3) is 0 Å². The Hall–Kier alpha value is -0.240. The van der Waals surface area contributed by atoms with Gasteiger partial charge in [-0.3, -0.25) is 0 Å². The molecule has 10 heavy (non-hydrogen) atoms. The van der Waals surface area contributed by atoms with E-state index < -0.39 is 0 Å². The fraction of sp³-hybridized carbons (Fsp3) is 0.857. The Labute approximate surface area is 64.9 Å². The molecule has 1 N–H and O–H groups in total. The van der Waals surface area contributed by atoms with Crippen molar-refractivity contribution in [1.29, 1.82) is 0 Å². The minimum atomic E-state index is 0.417. The molecule has 2 unspecified atom stereocenters. The van der Waals surface area contributed by atoms with E-state index in [0.717, 1.165) is 11.8 Å². The number of rotatable bonds is 1. The zero-order valence-corrected chi connectivity index (χ0v) is 6.38. The monoisotopic (exact) mass is 159 g/mol. The summed E-state index contributed by atoms with van der Waals surface area (Å²) in [4.78, 5) is 0. The summed E-state index contributed by atoms with van der Waals surface area (Å²) in [5.74, 6) is 1.92. The second-order valence-corrected chi connectivity index (χ2v) is 3.59. The van der Waals surface area contributed by atoms with E-state index in [1.165, 1.54) is 19.3 Å². The van der Waals surface area contributed by atoms with Crippen molar-refractivity contribution in [3.8, 4) is 0 Å². The lowest BCUT2D eigenvalue weighted by atomic mass is 10.2. The van der Waals surface area contributed by atoms with Crippen LogP contribution in [0.5, 0.6) is 0 Å². The van der Waals surface area contributed by atoms with E-state index >= 15 is 0 Å². The molecule has 0 amide bonds. The van der Waals surface area contributed by atoms with E-state index in [2.05, 4.69) is 5.16 Å². The molecule has 2 aliphatic carbocycles. The number of halogens is 1. The van der Waals surface area contributed by atoms with Crippen LogP contribution in [-0.2, 0) is 0 Å². The smallest absolute Gasteiger partial charge is 0.148 e. The van der Waals surface area contributed by atoms with Crippen LogP contribution in [0.15, 0.2) is 5.16 Å². The maximum absolute atomic E-state index is 8.36. The molecule has 2 nitrogen and oxygen atoms in total. The van der Waals surface area contributed by atoms with Gasteiger partial charge in [0, 0.05) is 5.92 Å². The summed E-state index contributed by atoms with van der Waals surface area (Å²) < 4.78 is 0. The Kier molecular flexibility index (Phi) is 1.37. The minimum absolute atomic E-state index is 0.417. The first-order chi connectivity index (χ1) is 4.84. The van der Waals surface area contributed by atoms with Crippen molar-refractivity contribution in [2.45, 2.75) is 19.3 Å². The summed E-state index contributed by atoms with van der Waals surface area (Å²) in [6.07, 6.45) is 3.89. The normalized spacial score (nSPS) is 45.3. The van der Waals surface area contributed by atoms with Crippen LogP contribution in [0.2, 0.25) is 0 Å². The summed E-state index contributed by atoms with van der Waals surface area (Å²) in [6, 6.07) is 0. The van der Waals surface area contributed by atoms with Gasteiger partial charge in [-0.2, -0.15) is 0 Å². The molecule has 0 aromatic carbocycles. The molecule has 0 aromatic rings. The third-order valence-corrected chi connectivity index (χ3v) is 3.10. The van der Waals surface area contributed by atoms with Crippen LogP contribution in [0.4, 0.5) is 0 Å². The first-order valence-corrected chi connectivity index (χ1v) is 4.10. The predicted octanol–water partition coefficient (Wildman–Crippen LogP) is 2.06. The molecule has 0 saturated heterocycles. The highest BCUT2D eigenvalue weighted by molar-refractivity contribution is 6.66. The highest BCUT2D eigenvalue weighted by Crippen LogP contribution is 2.58. The average molecular weight is 160 g/mol. The second kappa shape index (κ2) is 2.12. The van der Waals surface area contributed by atoms with Crippen LogP contribution < -0.4 is 0 Å². The molecule has 0 heterocycles. The Morgan fingerprint density at radius 2 is 2.00 bits per heavy atom. The average Bonchev–Trinajstić information content (AvgIpc) is 2.43. The first-order valence-electron chi connectivity index (χ1n) is 3.72. The summed E-state index contributed by atoms with van der Waals surface area (Å²) in [6.45, 7) is 0. The van der Waals surface area contributed by atoms with Gasteiger partial charge in [0.05, 0.1) is 0 Å². The number of nitrogens with zero attached hydrogens (tertiary/aromatic N) is 1. The van der Waals surface area contributed by atoms with Gasteiger partial charge in [-0.05, 0) is 24.7 Å². The molecule has 0 aromatic heterocycles. The first kappa shape index (κ1) is 6.47. The van der Waals surface area contributed by atoms with E-state index in [1.54, 1.807) is 0 Å². The van der Waals surface area contributed by atoms with E-state index in [4.69, 9.17) is 16.8 Å². The molecule has 3 heteroatoms. The minimum Gasteiger partial charge on any atom is -0.410 e. The standard InChI is InChI=1S/C7H10ClNO/c8-7(9-10)6-4-2-1-3-5(4)6/h4-6,10H,1-3H2. The molecular weight excluding hydrogens is 150 g/mol. The summed E-state index contributed by atoms with van der Waals surface area (Å²) in [5, 5.41) is 11.8. The van der Waals surface area contributed by atoms with Gasteiger partial charge in [-0.15, -0.1) is 0 Å². The molecule has 0 radical (unpaired) electrons. The van der Waals surface area contributed by atoms with Gasteiger partial charge in [0.2, 0.25) is 0 Å². The Bertz CT molecular complexity index is 170. The molecule has 2 atom stereocenters. The van der Waals surface area contributed by atoms with Crippen molar-refractivity contribution in [3.63, 3.8) is 0 Å². The molecule has 56 valence electrons. The van der Waals surface area contributed by atoms with Gasteiger partial charge < -0.3 is 5.21 Å². The van der Waals surface area contributed by atoms with Crippen LogP contribution in [0.25, 0.3) is 0 Å². The third-order valence-electron chi connectivity index (χ3n) is 2.78. The quantitative estimate of drug-likeness (QED) is 0.355. The van der Waals surface area contributed by atoms with Crippen LogP contribution in [0, 0.1) is 17.8 Å². The lowest BCUT2D eigenvalue weighted by Gasteiger charge is -1.96. The number of hydrogen-bond acceptors (Lipinski definition) is 2. The van der Waals surface area contributed by atoms with Crippen molar-refractivity contribution >= 4 is 16.8 Å². The fourth-order valence-electron chi connectivity index (χ4n) is 2.24. The molecule has 2 saturated carbocycles. The molecule has 0 bridgehead atoms. The Morgan fingerprint density at radius 1 is 1.40 bits per heavy atom. The predicted molar refractivity (Wildman–Crippen MR) is 39.4 cm³/mol. The maximum Gasteiger partial charge on any atom is 0.148 e. The zero-order chi connectivity index (χ0) is 7.14.